The van der Waals surface area contributed by atoms with E-state index in [0.29, 0.717) is 6.54 Å². The van der Waals surface area contributed by atoms with E-state index in [2.05, 4.69) is 5.10 Å². The van der Waals surface area contributed by atoms with Gasteiger partial charge in [-0.05, 0) is 26.3 Å². The van der Waals surface area contributed by atoms with E-state index < -0.39 is 0 Å². The second-order valence-electron chi connectivity index (χ2n) is 5.16. The summed E-state index contributed by atoms with van der Waals surface area (Å²) >= 11 is 0. The molecule has 2 heterocycles. The number of aromatic nitrogens is 2. The molecule has 0 spiro atoms. The third-order valence-corrected chi connectivity index (χ3v) is 3.81. The Kier molecular flexibility index (Phi) is 4.04. The second kappa shape index (κ2) is 5.57. The van der Waals surface area contributed by atoms with Crippen LogP contribution in [0.4, 0.5) is 0 Å². The van der Waals surface area contributed by atoms with Crippen molar-refractivity contribution < 1.29 is 9.90 Å². The van der Waals surface area contributed by atoms with Gasteiger partial charge in [0.25, 0.3) is 0 Å². The van der Waals surface area contributed by atoms with Gasteiger partial charge in [0.1, 0.15) is 0 Å². The smallest absolute Gasteiger partial charge is 0.246 e. The predicted molar refractivity (Wildman–Crippen MR) is 73.5 cm³/mol. The van der Waals surface area contributed by atoms with Gasteiger partial charge in [-0.3, -0.25) is 9.48 Å². The third kappa shape index (κ3) is 2.87. The molecule has 1 fully saturated rings. The molecule has 0 saturated carbocycles. The summed E-state index contributed by atoms with van der Waals surface area (Å²) in [6.07, 6.45) is 4.34. The molecule has 0 aromatic carbocycles. The zero-order valence-electron chi connectivity index (χ0n) is 11.8. The summed E-state index contributed by atoms with van der Waals surface area (Å²) in [6, 6.07) is 0. The number of amides is 1. The van der Waals surface area contributed by atoms with Gasteiger partial charge in [-0.25, -0.2) is 0 Å². The Morgan fingerprint density at radius 3 is 2.79 bits per heavy atom. The Hall–Kier alpha value is -1.62. The number of aliphatic hydroxyl groups is 1. The minimum absolute atomic E-state index is 0.0126. The molecule has 1 amide bonds. The zero-order chi connectivity index (χ0) is 14.0. The highest BCUT2D eigenvalue weighted by atomic mass is 16.3. The fourth-order valence-corrected chi connectivity index (χ4v) is 2.47. The Labute approximate surface area is 113 Å². The molecule has 1 unspecified atom stereocenters. The largest absolute Gasteiger partial charge is 0.396 e. The van der Waals surface area contributed by atoms with Crippen molar-refractivity contribution in [2.45, 2.75) is 20.3 Å². The van der Waals surface area contributed by atoms with Gasteiger partial charge in [0.05, 0.1) is 5.69 Å². The number of carbonyl (C=O) groups is 1. The number of nitrogens with zero attached hydrogens (tertiary/aromatic N) is 3. The maximum Gasteiger partial charge on any atom is 0.246 e. The highest BCUT2D eigenvalue weighted by molar-refractivity contribution is 5.92. The Bertz CT molecular complexity index is 505. The lowest BCUT2D eigenvalue weighted by Gasteiger charge is -2.13. The van der Waals surface area contributed by atoms with E-state index in [9.17, 15) is 4.79 Å². The molecule has 2 rings (SSSR count). The van der Waals surface area contributed by atoms with E-state index in [-0.39, 0.29) is 18.4 Å². The molecule has 5 heteroatoms. The highest BCUT2D eigenvalue weighted by Crippen LogP contribution is 2.17. The van der Waals surface area contributed by atoms with Crippen LogP contribution < -0.4 is 0 Å². The maximum atomic E-state index is 12.0. The molecule has 1 atom stereocenters. The minimum Gasteiger partial charge on any atom is -0.396 e. The summed E-state index contributed by atoms with van der Waals surface area (Å²) in [7, 11) is 1.90. The first kappa shape index (κ1) is 13.8. The SMILES string of the molecule is Cc1nn(C)c(C)c1C=CC(=O)N1CCC(CO)C1. The molecule has 0 bridgehead atoms. The van der Waals surface area contributed by atoms with Crippen LogP contribution in [0.1, 0.15) is 23.4 Å². The monoisotopic (exact) mass is 263 g/mol. The van der Waals surface area contributed by atoms with E-state index in [1.807, 2.05) is 31.7 Å². The van der Waals surface area contributed by atoms with Gasteiger partial charge in [-0.2, -0.15) is 5.10 Å². The Morgan fingerprint density at radius 1 is 1.53 bits per heavy atom. The van der Waals surface area contributed by atoms with Crippen LogP contribution >= 0.6 is 0 Å². The van der Waals surface area contributed by atoms with Crippen LogP contribution in [0.2, 0.25) is 0 Å². The summed E-state index contributed by atoms with van der Waals surface area (Å²) in [5, 5.41) is 13.4. The standard InChI is InChI=1S/C14H21N3O2/c1-10-13(11(2)16(3)15-10)4-5-14(19)17-7-6-12(8-17)9-18/h4-5,12,18H,6-9H2,1-3H3. The van der Waals surface area contributed by atoms with Crippen LogP contribution in [0, 0.1) is 19.8 Å². The molecule has 104 valence electrons. The first-order valence-corrected chi connectivity index (χ1v) is 6.61. The second-order valence-corrected chi connectivity index (χ2v) is 5.16. The fourth-order valence-electron chi connectivity index (χ4n) is 2.47. The average molecular weight is 263 g/mol. The lowest BCUT2D eigenvalue weighted by Crippen LogP contribution is -2.27. The van der Waals surface area contributed by atoms with E-state index in [1.165, 1.54) is 0 Å². The molecule has 1 saturated heterocycles. The van der Waals surface area contributed by atoms with Gasteiger partial charge in [-0.15, -0.1) is 0 Å². The normalized spacial score (nSPS) is 19.6. The number of aryl methyl sites for hydroxylation is 2. The van der Waals surface area contributed by atoms with Crippen LogP contribution in [0.15, 0.2) is 6.08 Å². The Morgan fingerprint density at radius 2 is 2.26 bits per heavy atom. The number of aliphatic hydroxyl groups excluding tert-OH is 1. The van der Waals surface area contributed by atoms with Crippen molar-refractivity contribution in [1.82, 2.24) is 14.7 Å². The van der Waals surface area contributed by atoms with Crippen molar-refractivity contribution in [1.29, 1.82) is 0 Å². The summed E-state index contributed by atoms with van der Waals surface area (Å²) < 4.78 is 1.82. The minimum atomic E-state index is 0.0126. The molecule has 19 heavy (non-hydrogen) atoms. The molecular weight excluding hydrogens is 242 g/mol. The zero-order valence-corrected chi connectivity index (χ0v) is 11.8. The van der Waals surface area contributed by atoms with Gasteiger partial charge in [0.15, 0.2) is 0 Å². The quantitative estimate of drug-likeness (QED) is 0.824. The average Bonchev–Trinajstić information content (AvgIpc) is 2.94. The topological polar surface area (TPSA) is 58.4 Å². The Balaban J connectivity index is 2.04. The molecule has 1 aromatic rings. The first-order valence-electron chi connectivity index (χ1n) is 6.61. The van der Waals surface area contributed by atoms with Crippen molar-refractivity contribution in [2.24, 2.45) is 13.0 Å². The molecule has 0 radical (unpaired) electrons. The first-order chi connectivity index (χ1) is 9.02. The van der Waals surface area contributed by atoms with Crippen LogP contribution in [-0.2, 0) is 11.8 Å². The molecule has 0 aliphatic carbocycles. The van der Waals surface area contributed by atoms with Gasteiger partial charge in [-0.1, -0.05) is 0 Å². The van der Waals surface area contributed by atoms with Gasteiger partial charge >= 0.3 is 0 Å². The molecular formula is C14H21N3O2. The number of carbonyl (C=O) groups excluding carboxylic acids is 1. The predicted octanol–water partition coefficient (Wildman–Crippen LogP) is 0.891. The van der Waals surface area contributed by atoms with E-state index in [1.54, 1.807) is 11.0 Å². The van der Waals surface area contributed by atoms with E-state index in [4.69, 9.17) is 5.11 Å². The number of hydrogen-bond donors (Lipinski definition) is 1. The summed E-state index contributed by atoms with van der Waals surface area (Å²) in [5.41, 5.74) is 2.99. The molecule has 1 aliphatic heterocycles. The summed E-state index contributed by atoms with van der Waals surface area (Å²) in [4.78, 5) is 13.8. The lowest BCUT2D eigenvalue weighted by atomic mass is 10.1. The third-order valence-electron chi connectivity index (χ3n) is 3.81. The van der Waals surface area contributed by atoms with Crippen LogP contribution in [0.25, 0.3) is 6.08 Å². The molecule has 1 N–H and O–H groups in total. The van der Waals surface area contributed by atoms with E-state index >= 15 is 0 Å². The van der Waals surface area contributed by atoms with Gasteiger partial charge in [0, 0.05) is 50.0 Å². The summed E-state index contributed by atoms with van der Waals surface area (Å²) in [6.45, 7) is 5.48. The van der Waals surface area contributed by atoms with Crippen molar-refractivity contribution >= 4 is 12.0 Å². The molecule has 1 aliphatic rings. The molecule has 1 aromatic heterocycles. The van der Waals surface area contributed by atoms with Crippen molar-refractivity contribution in [3.05, 3.63) is 23.0 Å². The van der Waals surface area contributed by atoms with Gasteiger partial charge in [0.2, 0.25) is 5.91 Å². The van der Waals surface area contributed by atoms with E-state index in [0.717, 1.165) is 29.9 Å². The van der Waals surface area contributed by atoms with Crippen LogP contribution in [0.5, 0.6) is 0 Å². The van der Waals surface area contributed by atoms with Crippen LogP contribution in [-0.4, -0.2) is 45.4 Å². The lowest BCUT2D eigenvalue weighted by molar-refractivity contribution is -0.125. The fraction of sp³-hybridized carbons (Fsp3) is 0.571. The van der Waals surface area contributed by atoms with Crippen LogP contribution in [0.3, 0.4) is 0 Å². The number of likely N-dealkylation sites (tertiary alicyclic amines) is 1. The van der Waals surface area contributed by atoms with Crippen molar-refractivity contribution in [3.8, 4) is 0 Å². The maximum absolute atomic E-state index is 12.0. The number of rotatable bonds is 3. The number of hydrogen-bond acceptors (Lipinski definition) is 3. The highest BCUT2D eigenvalue weighted by Gasteiger charge is 2.24. The van der Waals surface area contributed by atoms with Gasteiger partial charge < -0.3 is 10.0 Å². The summed E-state index contributed by atoms with van der Waals surface area (Å²) in [5.74, 6) is 0.248. The van der Waals surface area contributed by atoms with Crippen molar-refractivity contribution in [2.75, 3.05) is 19.7 Å². The molecule has 5 nitrogen and oxygen atoms in total. The van der Waals surface area contributed by atoms with Crippen molar-refractivity contribution in [3.63, 3.8) is 0 Å².